The van der Waals surface area contributed by atoms with E-state index < -0.39 is 6.10 Å². The second-order valence-corrected chi connectivity index (χ2v) is 3.39. The molecule has 2 nitrogen and oxygen atoms in total. The first-order valence-corrected chi connectivity index (χ1v) is 4.36. The first-order chi connectivity index (χ1) is 6.22. The molecule has 1 aromatic rings. The van der Waals surface area contributed by atoms with Gasteiger partial charge in [0.2, 0.25) is 0 Å². The smallest absolute Gasteiger partial charge is 0.123 e. The van der Waals surface area contributed by atoms with Crippen LogP contribution in [0.15, 0.2) is 18.2 Å². The van der Waals surface area contributed by atoms with E-state index in [0.717, 1.165) is 17.5 Å². The van der Waals surface area contributed by atoms with Gasteiger partial charge in [-0.25, -0.2) is 4.39 Å². The minimum Gasteiger partial charge on any atom is -0.387 e. The van der Waals surface area contributed by atoms with E-state index in [4.69, 9.17) is 0 Å². The highest BCUT2D eigenvalue weighted by molar-refractivity contribution is 5.36. The molecule has 0 amide bonds. The summed E-state index contributed by atoms with van der Waals surface area (Å²) in [4.78, 5) is 0. The number of hydrogen-bond acceptors (Lipinski definition) is 2. The Balaban J connectivity index is 2.39. The molecular weight excluding hydrogens is 169 g/mol. The molecule has 1 aromatic carbocycles. The van der Waals surface area contributed by atoms with Crippen LogP contribution in [0.4, 0.5) is 4.39 Å². The molecule has 0 aliphatic heterocycles. The SMILES string of the molecule is CNC1Cc2ccc(F)cc2C1O. The number of halogens is 1. The third kappa shape index (κ3) is 1.34. The number of aliphatic hydroxyl groups excluding tert-OH is 1. The summed E-state index contributed by atoms with van der Waals surface area (Å²) in [6.45, 7) is 0. The van der Waals surface area contributed by atoms with E-state index in [1.54, 1.807) is 13.1 Å². The van der Waals surface area contributed by atoms with Gasteiger partial charge in [-0.1, -0.05) is 6.07 Å². The van der Waals surface area contributed by atoms with Crippen LogP contribution in [-0.2, 0) is 6.42 Å². The van der Waals surface area contributed by atoms with Gasteiger partial charge in [-0.15, -0.1) is 0 Å². The highest BCUT2D eigenvalue weighted by Crippen LogP contribution is 2.31. The molecule has 0 aromatic heterocycles. The number of rotatable bonds is 1. The Hall–Kier alpha value is -0.930. The second kappa shape index (κ2) is 3.09. The van der Waals surface area contributed by atoms with Crippen molar-refractivity contribution in [3.05, 3.63) is 35.1 Å². The maximum atomic E-state index is 12.8. The molecule has 0 saturated carbocycles. The van der Waals surface area contributed by atoms with Gasteiger partial charge in [-0.2, -0.15) is 0 Å². The fraction of sp³-hybridized carbons (Fsp3) is 0.400. The van der Waals surface area contributed by atoms with Crippen molar-refractivity contribution in [2.45, 2.75) is 18.6 Å². The first-order valence-electron chi connectivity index (χ1n) is 4.36. The third-order valence-corrected chi connectivity index (χ3v) is 2.62. The van der Waals surface area contributed by atoms with E-state index in [0.29, 0.717) is 0 Å². The Bertz CT molecular complexity index is 327. The maximum Gasteiger partial charge on any atom is 0.123 e. The highest BCUT2D eigenvalue weighted by atomic mass is 19.1. The molecule has 3 heteroatoms. The molecule has 1 aliphatic rings. The molecule has 70 valence electrons. The zero-order valence-corrected chi connectivity index (χ0v) is 7.42. The number of hydrogen-bond donors (Lipinski definition) is 2. The number of aliphatic hydroxyl groups is 1. The van der Waals surface area contributed by atoms with Gasteiger partial charge in [-0.3, -0.25) is 0 Å². The lowest BCUT2D eigenvalue weighted by Crippen LogP contribution is -2.29. The minimum absolute atomic E-state index is 0.0248. The van der Waals surface area contributed by atoms with Crippen molar-refractivity contribution < 1.29 is 9.50 Å². The van der Waals surface area contributed by atoms with E-state index in [9.17, 15) is 9.50 Å². The predicted molar refractivity (Wildman–Crippen MR) is 47.9 cm³/mol. The van der Waals surface area contributed by atoms with Gasteiger partial charge in [0.05, 0.1) is 6.10 Å². The van der Waals surface area contributed by atoms with E-state index in [-0.39, 0.29) is 11.9 Å². The molecule has 0 bridgehead atoms. The van der Waals surface area contributed by atoms with Crippen LogP contribution in [0.5, 0.6) is 0 Å². The standard InChI is InChI=1S/C10H12FNO/c1-12-9-4-6-2-3-7(11)5-8(6)10(9)13/h2-3,5,9-10,12-13H,4H2,1H3. The lowest BCUT2D eigenvalue weighted by molar-refractivity contribution is 0.146. The van der Waals surface area contributed by atoms with Crippen LogP contribution >= 0.6 is 0 Å². The van der Waals surface area contributed by atoms with Gasteiger partial charge >= 0.3 is 0 Å². The van der Waals surface area contributed by atoms with Crippen molar-refractivity contribution >= 4 is 0 Å². The van der Waals surface area contributed by atoms with E-state index in [1.807, 2.05) is 0 Å². The number of likely N-dealkylation sites (N-methyl/N-ethyl adjacent to an activating group) is 1. The highest BCUT2D eigenvalue weighted by Gasteiger charge is 2.29. The molecule has 0 fully saturated rings. The molecule has 1 aliphatic carbocycles. The van der Waals surface area contributed by atoms with E-state index in [2.05, 4.69) is 5.32 Å². The lowest BCUT2D eigenvalue weighted by atomic mass is 10.1. The maximum absolute atomic E-state index is 12.8. The van der Waals surface area contributed by atoms with Gasteiger partial charge in [-0.05, 0) is 36.7 Å². The quantitative estimate of drug-likeness (QED) is 0.677. The average Bonchev–Trinajstić information content (AvgIpc) is 2.44. The van der Waals surface area contributed by atoms with Crippen molar-refractivity contribution in [2.24, 2.45) is 0 Å². The summed E-state index contributed by atoms with van der Waals surface area (Å²) in [5.74, 6) is -0.283. The minimum atomic E-state index is -0.573. The van der Waals surface area contributed by atoms with Gasteiger partial charge in [0, 0.05) is 6.04 Å². The summed E-state index contributed by atoms with van der Waals surface area (Å²) in [5, 5.41) is 12.7. The summed E-state index contributed by atoms with van der Waals surface area (Å²) in [6.07, 6.45) is 0.198. The summed E-state index contributed by atoms with van der Waals surface area (Å²) in [6, 6.07) is 4.61. The molecule has 0 saturated heterocycles. The Morgan fingerprint density at radius 2 is 2.31 bits per heavy atom. The molecule has 13 heavy (non-hydrogen) atoms. The fourth-order valence-corrected chi connectivity index (χ4v) is 1.85. The molecule has 2 rings (SSSR count). The largest absolute Gasteiger partial charge is 0.387 e. The molecule has 2 N–H and O–H groups in total. The zero-order valence-electron chi connectivity index (χ0n) is 7.42. The normalized spacial score (nSPS) is 26.1. The first kappa shape index (κ1) is 8.66. The summed E-state index contributed by atoms with van der Waals surface area (Å²) >= 11 is 0. The molecule has 0 spiro atoms. The van der Waals surface area contributed by atoms with Crippen molar-refractivity contribution in [1.29, 1.82) is 0 Å². The Morgan fingerprint density at radius 3 is 3.00 bits per heavy atom. The average molecular weight is 181 g/mol. The van der Waals surface area contributed by atoms with Crippen LogP contribution in [-0.4, -0.2) is 18.2 Å². The van der Waals surface area contributed by atoms with Crippen LogP contribution in [0.25, 0.3) is 0 Å². The zero-order chi connectivity index (χ0) is 9.42. The van der Waals surface area contributed by atoms with Crippen LogP contribution in [0.1, 0.15) is 17.2 Å². The van der Waals surface area contributed by atoms with Crippen molar-refractivity contribution in [1.82, 2.24) is 5.32 Å². The van der Waals surface area contributed by atoms with Crippen LogP contribution in [0.3, 0.4) is 0 Å². The Morgan fingerprint density at radius 1 is 1.54 bits per heavy atom. The number of benzene rings is 1. The van der Waals surface area contributed by atoms with Gasteiger partial charge in [0.25, 0.3) is 0 Å². The predicted octanol–water partition coefficient (Wildman–Crippen LogP) is 1.00. The molecule has 2 atom stereocenters. The summed E-state index contributed by atoms with van der Waals surface area (Å²) in [7, 11) is 1.80. The van der Waals surface area contributed by atoms with Gasteiger partial charge in [0.1, 0.15) is 5.82 Å². The van der Waals surface area contributed by atoms with E-state index >= 15 is 0 Å². The number of fused-ring (bicyclic) bond motifs is 1. The summed E-state index contributed by atoms with van der Waals surface area (Å²) < 4.78 is 12.8. The van der Waals surface area contributed by atoms with Crippen molar-refractivity contribution in [2.75, 3.05) is 7.05 Å². The Labute approximate surface area is 76.4 Å². The van der Waals surface area contributed by atoms with Crippen molar-refractivity contribution in [3.63, 3.8) is 0 Å². The monoisotopic (exact) mass is 181 g/mol. The van der Waals surface area contributed by atoms with Gasteiger partial charge < -0.3 is 10.4 Å². The lowest BCUT2D eigenvalue weighted by Gasteiger charge is -2.12. The van der Waals surface area contributed by atoms with E-state index in [1.165, 1.54) is 12.1 Å². The third-order valence-electron chi connectivity index (χ3n) is 2.62. The topological polar surface area (TPSA) is 32.3 Å². The van der Waals surface area contributed by atoms with Crippen LogP contribution in [0, 0.1) is 5.82 Å². The Kier molecular flexibility index (Phi) is 2.06. The molecule has 2 unspecified atom stereocenters. The fourth-order valence-electron chi connectivity index (χ4n) is 1.85. The summed E-state index contributed by atoms with van der Waals surface area (Å²) in [5.41, 5.74) is 1.76. The van der Waals surface area contributed by atoms with Gasteiger partial charge in [0.15, 0.2) is 0 Å². The van der Waals surface area contributed by atoms with Crippen molar-refractivity contribution in [3.8, 4) is 0 Å². The second-order valence-electron chi connectivity index (χ2n) is 3.39. The molecular formula is C10H12FNO. The molecule has 0 radical (unpaired) electrons. The molecule has 0 heterocycles. The number of nitrogens with one attached hydrogen (secondary N) is 1. The van der Waals surface area contributed by atoms with Crippen LogP contribution in [0.2, 0.25) is 0 Å². The van der Waals surface area contributed by atoms with Crippen LogP contribution < -0.4 is 5.32 Å².